The van der Waals surface area contributed by atoms with Gasteiger partial charge in [-0.2, -0.15) is 0 Å². The first-order valence-electron chi connectivity index (χ1n) is 10.8. The first-order valence-corrected chi connectivity index (χ1v) is 11.7. The fraction of sp³-hybridized carbons (Fsp3) is 0.231. The van der Waals surface area contributed by atoms with Crippen LogP contribution in [0.3, 0.4) is 0 Å². The molecule has 168 valence electrons. The summed E-state index contributed by atoms with van der Waals surface area (Å²) in [7, 11) is 0. The van der Waals surface area contributed by atoms with E-state index in [0.29, 0.717) is 18.8 Å². The second-order valence-corrected chi connectivity index (χ2v) is 9.65. The molecule has 0 fully saturated rings. The van der Waals surface area contributed by atoms with Crippen LogP contribution in [0, 0.1) is 12.7 Å². The van der Waals surface area contributed by atoms with E-state index in [2.05, 4.69) is 5.32 Å². The van der Waals surface area contributed by atoms with Gasteiger partial charge in [0.05, 0.1) is 6.54 Å². The summed E-state index contributed by atoms with van der Waals surface area (Å²) in [6, 6.07) is 17.9. The van der Waals surface area contributed by atoms with Crippen molar-refractivity contribution in [1.29, 1.82) is 0 Å². The number of benzene rings is 2. The summed E-state index contributed by atoms with van der Waals surface area (Å²) in [4.78, 5) is 30.0. The van der Waals surface area contributed by atoms with Crippen molar-refractivity contribution < 1.29 is 14.0 Å². The van der Waals surface area contributed by atoms with Gasteiger partial charge in [0, 0.05) is 18.5 Å². The summed E-state index contributed by atoms with van der Waals surface area (Å²) in [5.41, 5.74) is 2.38. The largest absolute Gasteiger partial charge is 0.350 e. The molecule has 3 heterocycles. The highest BCUT2D eigenvalue weighted by Gasteiger charge is 2.47. The van der Waals surface area contributed by atoms with E-state index >= 15 is 0 Å². The number of rotatable bonds is 5. The molecule has 0 radical (unpaired) electrons. The zero-order valence-corrected chi connectivity index (χ0v) is 19.3. The van der Waals surface area contributed by atoms with Crippen molar-refractivity contribution in [2.75, 3.05) is 0 Å². The first-order chi connectivity index (χ1) is 15.8. The van der Waals surface area contributed by atoms with E-state index in [1.54, 1.807) is 28.4 Å². The summed E-state index contributed by atoms with van der Waals surface area (Å²) >= 11 is 1.57. The minimum Gasteiger partial charge on any atom is -0.350 e. The highest BCUT2D eigenvalue weighted by atomic mass is 32.1. The van der Waals surface area contributed by atoms with Crippen LogP contribution in [0.25, 0.3) is 10.2 Å². The molecule has 1 aliphatic rings. The fourth-order valence-electron chi connectivity index (χ4n) is 4.47. The molecule has 1 atom stereocenters. The normalized spacial score (nSPS) is 17.9. The number of hydrogen-bond acceptors (Lipinski definition) is 3. The number of nitrogens with zero attached hydrogens (tertiary/aromatic N) is 2. The number of aryl methyl sites for hydroxylation is 1. The van der Waals surface area contributed by atoms with E-state index in [4.69, 9.17) is 0 Å². The molecule has 1 N–H and O–H groups in total. The predicted octanol–water partition coefficient (Wildman–Crippen LogP) is 4.88. The van der Waals surface area contributed by atoms with Crippen molar-refractivity contribution in [2.45, 2.75) is 39.0 Å². The van der Waals surface area contributed by atoms with Crippen LogP contribution in [0.5, 0.6) is 0 Å². The highest BCUT2D eigenvalue weighted by molar-refractivity contribution is 7.16. The number of amides is 2. The molecular weight excluding hydrogens is 437 g/mol. The Bertz CT molecular complexity index is 1360. The number of thiophene rings is 1. The average molecular weight is 462 g/mol. The van der Waals surface area contributed by atoms with E-state index < -0.39 is 5.54 Å². The van der Waals surface area contributed by atoms with Crippen molar-refractivity contribution in [3.05, 3.63) is 94.2 Å². The number of carbonyl (C=O) groups is 2. The fourth-order valence-corrected chi connectivity index (χ4v) is 5.37. The van der Waals surface area contributed by atoms with Crippen molar-refractivity contribution in [1.82, 2.24) is 14.8 Å². The molecule has 5 nitrogen and oxygen atoms in total. The molecule has 1 unspecified atom stereocenters. The van der Waals surface area contributed by atoms with Crippen LogP contribution in [0.1, 0.15) is 34.1 Å². The molecule has 5 rings (SSSR count). The van der Waals surface area contributed by atoms with Gasteiger partial charge in [0.1, 0.15) is 21.9 Å². The molecule has 0 saturated carbocycles. The molecule has 0 bridgehead atoms. The monoisotopic (exact) mass is 461 g/mol. The SMILES string of the molecule is Cc1cccc(CN2C(=O)c3cc4ccsc4n3CC2(C)C(=O)NCc2ccc(F)cc2)c1. The van der Waals surface area contributed by atoms with Crippen LogP contribution in [-0.2, 0) is 24.4 Å². The van der Waals surface area contributed by atoms with Gasteiger partial charge in [0.2, 0.25) is 5.91 Å². The minimum absolute atomic E-state index is 0.161. The van der Waals surface area contributed by atoms with Gasteiger partial charge < -0.3 is 14.8 Å². The van der Waals surface area contributed by atoms with Gasteiger partial charge in [-0.05, 0) is 54.6 Å². The smallest absolute Gasteiger partial charge is 0.271 e. The van der Waals surface area contributed by atoms with Gasteiger partial charge >= 0.3 is 0 Å². The number of fused-ring (bicyclic) bond motifs is 3. The molecule has 4 aromatic rings. The van der Waals surface area contributed by atoms with Crippen molar-refractivity contribution in [3.8, 4) is 0 Å². The topological polar surface area (TPSA) is 54.3 Å². The highest BCUT2D eigenvalue weighted by Crippen LogP contribution is 2.35. The quantitative estimate of drug-likeness (QED) is 0.461. The van der Waals surface area contributed by atoms with Gasteiger partial charge in [-0.15, -0.1) is 11.3 Å². The van der Waals surface area contributed by atoms with Gasteiger partial charge in [-0.3, -0.25) is 9.59 Å². The zero-order chi connectivity index (χ0) is 23.2. The summed E-state index contributed by atoms with van der Waals surface area (Å²) < 4.78 is 15.2. The Balaban J connectivity index is 1.50. The van der Waals surface area contributed by atoms with Gasteiger partial charge in [0.15, 0.2) is 0 Å². The van der Waals surface area contributed by atoms with Crippen LogP contribution in [0.2, 0.25) is 0 Å². The number of carbonyl (C=O) groups excluding carboxylic acids is 2. The Morgan fingerprint density at radius 1 is 1.12 bits per heavy atom. The molecule has 1 aliphatic heterocycles. The van der Waals surface area contributed by atoms with Crippen molar-refractivity contribution in [3.63, 3.8) is 0 Å². The Morgan fingerprint density at radius 3 is 2.67 bits per heavy atom. The molecular formula is C26H24FN3O2S. The van der Waals surface area contributed by atoms with Gasteiger partial charge in [-0.25, -0.2) is 4.39 Å². The second-order valence-electron chi connectivity index (χ2n) is 8.76. The maximum Gasteiger partial charge on any atom is 0.271 e. The lowest BCUT2D eigenvalue weighted by molar-refractivity contribution is -0.133. The lowest BCUT2D eigenvalue weighted by Crippen LogP contribution is -2.63. The predicted molar refractivity (Wildman–Crippen MR) is 128 cm³/mol. The summed E-state index contributed by atoms with van der Waals surface area (Å²) in [5, 5.41) is 5.98. The van der Waals surface area contributed by atoms with E-state index in [1.165, 1.54) is 12.1 Å². The molecule has 2 aromatic carbocycles. The zero-order valence-electron chi connectivity index (χ0n) is 18.5. The maximum absolute atomic E-state index is 13.7. The Hall–Kier alpha value is -3.45. The Labute approximate surface area is 195 Å². The van der Waals surface area contributed by atoms with E-state index in [1.807, 2.05) is 60.2 Å². The Kier molecular flexibility index (Phi) is 5.29. The van der Waals surface area contributed by atoms with Crippen LogP contribution in [-0.4, -0.2) is 26.8 Å². The summed E-state index contributed by atoms with van der Waals surface area (Å²) in [5.74, 6) is -0.721. The third kappa shape index (κ3) is 3.82. The standard InChI is InChI=1S/C26H24FN3O2S/c1-17-4-3-5-19(12-17)15-30-23(31)22-13-20-10-11-33-24(20)29(22)16-26(30,2)25(32)28-14-18-6-8-21(27)9-7-18/h3-13H,14-16H2,1-2H3,(H,28,32). The van der Waals surface area contributed by atoms with Gasteiger partial charge in [-0.1, -0.05) is 42.0 Å². The lowest BCUT2D eigenvalue weighted by atomic mass is 9.93. The Morgan fingerprint density at radius 2 is 1.91 bits per heavy atom. The average Bonchev–Trinajstić information content (AvgIpc) is 3.38. The third-order valence-corrected chi connectivity index (χ3v) is 7.26. The molecule has 2 aromatic heterocycles. The number of halogens is 1. The van der Waals surface area contributed by atoms with Gasteiger partial charge in [0.25, 0.3) is 5.91 Å². The lowest BCUT2D eigenvalue weighted by Gasteiger charge is -2.44. The molecule has 0 spiro atoms. The minimum atomic E-state index is -1.09. The molecule has 0 aliphatic carbocycles. The maximum atomic E-state index is 13.7. The van der Waals surface area contributed by atoms with Crippen LogP contribution >= 0.6 is 11.3 Å². The summed E-state index contributed by atoms with van der Waals surface area (Å²) in [6.45, 7) is 4.78. The van der Waals surface area contributed by atoms with Crippen LogP contribution < -0.4 is 5.32 Å². The number of nitrogens with one attached hydrogen (secondary N) is 1. The number of hydrogen-bond donors (Lipinski definition) is 1. The summed E-state index contributed by atoms with van der Waals surface area (Å²) in [6.07, 6.45) is 0. The molecule has 33 heavy (non-hydrogen) atoms. The van der Waals surface area contributed by atoms with E-state index in [-0.39, 0.29) is 24.2 Å². The van der Waals surface area contributed by atoms with Crippen LogP contribution in [0.15, 0.2) is 66.0 Å². The third-order valence-electron chi connectivity index (χ3n) is 6.31. The van der Waals surface area contributed by atoms with Crippen molar-refractivity contribution >= 4 is 33.4 Å². The second kappa shape index (κ2) is 8.15. The van der Waals surface area contributed by atoms with E-state index in [0.717, 1.165) is 26.9 Å². The van der Waals surface area contributed by atoms with Crippen molar-refractivity contribution in [2.24, 2.45) is 0 Å². The first kappa shape index (κ1) is 21.4. The van der Waals surface area contributed by atoms with E-state index in [9.17, 15) is 14.0 Å². The van der Waals surface area contributed by atoms with Crippen LogP contribution in [0.4, 0.5) is 4.39 Å². The molecule has 2 amide bonds. The number of aromatic nitrogens is 1. The molecule has 0 saturated heterocycles. The molecule has 7 heteroatoms.